The first-order chi connectivity index (χ1) is 8.26. The van der Waals surface area contributed by atoms with E-state index in [2.05, 4.69) is 20.6 Å². The van der Waals surface area contributed by atoms with Crippen molar-refractivity contribution in [3.63, 3.8) is 0 Å². The first-order valence-corrected chi connectivity index (χ1v) is 5.65. The van der Waals surface area contributed by atoms with Gasteiger partial charge in [-0.25, -0.2) is 4.98 Å². The smallest absolute Gasteiger partial charge is 0.305 e. The Bertz CT molecular complexity index is 357. The molecule has 1 aromatic heterocycles. The molecule has 94 valence electrons. The second kappa shape index (κ2) is 7.43. The highest BCUT2D eigenvalue weighted by Gasteiger charge is 2.01. The van der Waals surface area contributed by atoms with E-state index in [1.807, 2.05) is 0 Å². The van der Waals surface area contributed by atoms with Gasteiger partial charge in [0.2, 0.25) is 0 Å². The van der Waals surface area contributed by atoms with Crippen LogP contribution in [0.25, 0.3) is 0 Å². The van der Waals surface area contributed by atoms with E-state index in [1.54, 1.807) is 26.4 Å². The number of hydrogen-bond donors (Lipinski definition) is 2. The van der Waals surface area contributed by atoms with Crippen molar-refractivity contribution in [2.24, 2.45) is 0 Å². The molecule has 0 aliphatic carbocycles. The fourth-order valence-corrected chi connectivity index (χ4v) is 1.25. The van der Waals surface area contributed by atoms with Crippen LogP contribution >= 0.6 is 0 Å². The number of ether oxygens (including phenoxy) is 1. The maximum Gasteiger partial charge on any atom is 0.305 e. The number of nitrogens with one attached hydrogen (secondary N) is 2. The number of rotatable bonds is 7. The molecule has 1 aromatic rings. The minimum Gasteiger partial charge on any atom is -0.466 e. The number of hydrogen-bond acceptors (Lipinski definition) is 6. The minimum atomic E-state index is -0.163. The van der Waals surface area contributed by atoms with E-state index >= 15 is 0 Å². The van der Waals surface area contributed by atoms with Crippen LogP contribution in [0.1, 0.15) is 19.8 Å². The molecule has 1 rings (SSSR count). The summed E-state index contributed by atoms with van der Waals surface area (Å²) in [6, 6.07) is 0. The van der Waals surface area contributed by atoms with Crippen molar-refractivity contribution >= 4 is 17.6 Å². The summed E-state index contributed by atoms with van der Waals surface area (Å²) >= 11 is 0. The summed E-state index contributed by atoms with van der Waals surface area (Å²) in [5.74, 6) is 1.24. The van der Waals surface area contributed by atoms with Crippen LogP contribution in [0.4, 0.5) is 11.6 Å². The second-order valence-corrected chi connectivity index (χ2v) is 3.37. The third kappa shape index (κ3) is 5.14. The van der Waals surface area contributed by atoms with Crippen LogP contribution in [0.3, 0.4) is 0 Å². The van der Waals surface area contributed by atoms with Gasteiger partial charge in [0.05, 0.1) is 19.0 Å². The molecule has 6 heteroatoms. The molecule has 0 aromatic carbocycles. The maximum absolute atomic E-state index is 11.1. The van der Waals surface area contributed by atoms with Gasteiger partial charge in [0, 0.05) is 20.0 Å². The zero-order valence-corrected chi connectivity index (χ0v) is 10.2. The van der Waals surface area contributed by atoms with Crippen molar-refractivity contribution in [2.75, 3.05) is 30.8 Å². The molecule has 0 saturated heterocycles. The van der Waals surface area contributed by atoms with Crippen molar-refractivity contribution in [3.05, 3.63) is 12.4 Å². The first-order valence-electron chi connectivity index (χ1n) is 5.65. The first kappa shape index (κ1) is 13.2. The molecular formula is C11H18N4O2. The molecule has 0 fully saturated rings. The van der Waals surface area contributed by atoms with Crippen LogP contribution < -0.4 is 10.6 Å². The number of esters is 1. The normalized spacial score (nSPS) is 9.76. The standard InChI is InChI=1S/C11H18N4O2/c1-3-17-11(16)5-4-6-14-10-8-13-7-9(12-2)15-10/h7-8H,3-6H2,1-2H3,(H2,12,14,15). The fourth-order valence-electron chi connectivity index (χ4n) is 1.25. The van der Waals surface area contributed by atoms with E-state index in [0.29, 0.717) is 37.6 Å². The second-order valence-electron chi connectivity index (χ2n) is 3.37. The molecule has 0 radical (unpaired) electrons. The van der Waals surface area contributed by atoms with Crippen LogP contribution in [-0.4, -0.2) is 36.1 Å². The lowest BCUT2D eigenvalue weighted by Crippen LogP contribution is -2.09. The highest BCUT2D eigenvalue weighted by molar-refractivity contribution is 5.69. The molecule has 0 saturated carbocycles. The van der Waals surface area contributed by atoms with E-state index in [0.717, 1.165) is 0 Å². The summed E-state index contributed by atoms with van der Waals surface area (Å²) in [6.45, 7) is 2.90. The predicted octanol–water partition coefficient (Wildman–Crippen LogP) is 1.27. The summed E-state index contributed by atoms with van der Waals surface area (Å²) in [4.78, 5) is 19.3. The van der Waals surface area contributed by atoms with Crippen molar-refractivity contribution < 1.29 is 9.53 Å². The van der Waals surface area contributed by atoms with E-state index in [1.165, 1.54) is 0 Å². The number of aromatic nitrogens is 2. The summed E-state index contributed by atoms with van der Waals surface area (Å²) in [5.41, 5.74) is 0. The zero-order chi connectivity index (χ0) is 12.5. The van der Waals surface area contributed by atoms with Crippen molar-refractivity contribution in [2.45, 2.75) is 19.8 Å². The quantitative estimate of drug-likeness (QED) is 0.550. The highest BCUT2D eigenvalue weighted by atomic mass is 16.5. The van der Waals surface area contributed by atoms with Gasteiger partial charge < -0.3 is 15.4 Å². The molecule has 0 amide bonds. The van der Waals surface area contributed by atoms with Gasteiger partial charge in [0.25, 0.3) is 0 Å². The SMILES string of the molecule is CCOC(=O)CCCNc1cncc(NC)n1. The number of carbonyl (C=O) groups is 1. The van der Waals surface area contributed by atoms with Gasteiger partial charge in [-0.1, -0.05) is 0 Å². The average molecular weight is 238 g/mol. The van der Waals surface area contributed by atoms with Gasteiger partial charge in [0.1, 0.15) is 11.6 Å². The molecule has 0 unspecified atom stereocenters. The van der Waals surface area contributed by atoms with Gasteiger partial charge in [0.15, 0.2) is 0 Å². The van der Waals surface area contributed by atoms with Gasteiger partial charge in [-0.15, -0.1) is 0 Å². The Morgan fingerprint density at radius 3 is 2.88 bits per heavy atom. The molecule has 0 atom stereocenters. The topological polar surface area (TPSA) is 76.1 Å². The Hall–Kier alpha value is -1.85. The lowest BCUT2D eigenvalue weighted by atomic mass is 10.3. The highest BCUT2D eigenvalue weighted by Crippen LogP contribution is 2.05. The summed E-state index contributed by atoms with van der Waals surface area (Å²) in [6.07, 6.45) is 4.42. The summed E-state index contributed by atoms with van der Waals surface area (Å²) in [7, 11) is 1.79. The number of carbonyl (C=O) groups excluding carboxylic acids is 1. The van der Waals surface area contributed by atoms with E-state index < -0.39 is 0 Å². The monoisotopic (exact) mass is 238 g/mol. The Balaban J connectivity index is 2.24. The van der Waals surface area contributed by atoms with Crippen LogP contribution in [0, 0.1) is 0 Å². The van der Waals surface area contributed by atoms with Crippen LogP contribution in [-0.2, 0) is 9.53 Å². The Kier molecular flexibility index (Phi) is 5.77. The zero-order valence-electron chi connectivity index (χ0n) is 10.2. The van der Waals surface area contributed by atoms with Gasteiger partial charge in [-0.3, -0.25) is 9.78 Å². The third-order valence-corrected chi connectivity index (χ3v) is 2.06. The van der Waals surface area contributed by atoms with E-state index in [9.17, 15) is 4.79 Å². The van der Waals surface area contributed by atoms with Gasteiger partial charge in [-0.2, -0.15) is 0 Å². The van der Waals surface area contributed by atoms with Crippen LogP contribution in [0.15, 0.2) is 12.4 Å². The fraction of sp³-hybridized carbons (Fsp3) is 0.545. The Morgan fingerprint density at radius 2 is 2.18 bits per heavy atom. The Morgan fingerprint density at radius 1 is 1.41 bits per heavy atom. The largest absolute Gasteiger partial charge is 0.466 e. The summed E-state index contributed by atoms with van der Waals surface area (Å²) in [5, 5.41) is 6.00. The van der Waals surface area contributed by atoms with Gasteiger partial charge >= 0.3 is 5.97 Å². The van der Waals surface area contributed by atoms with E-state index in [4.69, 9.17) is 4.74 Å². The number of nitrogens with zero attached hydrogens (tertiary/aromatic N) is 2. The molecule has 0 bridgehead atoms. The molecule has 1 heterocycles. The molecule has 17 heavy (non-hydrogen) atoms. The van der Waals surface area contributed by atoms with Crippen molar-refractivity contribution in [1.82, 2.24) is 9.97 Å². The molecule has 0 spiro atoms. The van der Waals surface area contributed by atoms with Crippen LogP contribution in [0.5, 0.6) is 0 Å². The maximum atomic E-state index is 11.1. The minimum absolute atomic E-state index is 0.163. The predicted molar refractivity (Wildman–Crippen MR) is 65.9 cm³/mol. The Labute approximate surface area is 101 Å². The number of anilines is 2. The lowest BCUT2D eigenvalue weighted by Gasteiger charge is -2.06. The average Bonchev–Trinajstić information content (AvgIpc) is 2.35. The van der Waals surface area contributed by atoms with Gasteiger partial charge in [-0.05, 0) is 13.3 Å². The molecule has 0 aliphatic rings. The third-order valence-electron chi connectivity index (χ3n) is 2.06. The van der Waals surface area contributed by atoms with E-state index in [-0.39, 0.29) is 5.97 Å². The van der Waals surface area contributed by atoms with Crippen molar-refractivity contribution in [1.29, 1.82) is 0 Å². The van der Waals surface area contributed by atoms with Crippen molar-refractivity contribution in [3.8, 4) is 0 Å². The molecule has 6 nitrogen and oxygen atoms in total. The van der Waals surface area contributed by atoms with Crippen LogP contribution in [0.2, 0.25) is 0 Å². The lowest BCUT2D eigenvalue weighted by molar-refractivity contribution is -0.143. The summed E-state index contributed by atoms with van der Waals surface area (Å²) < 4.78 is 4.83. The molecule has 0 aliphatic heterocycles. The molecule has 2 N–H and O–H groups in total. The molecular weight excluding hydrogens is 220 g/mol.